The number of halogens is 2. The largest absolute Gasteiger partial charge is 0.394 e. The average Bonchev–Trinajstić information content (AvgIpc) is 3.40. The van der Waals surface area contributed by atoms with Gasteiger partial charge in [0.25, 0.3) is 0 Å². The van der Waals surface area contributed by atoms with Gasteiger partial charge in [-0.05, 0) is 61.4 Å². The van der Waals surface area contributed by atoms with Crippen molar-refractivity contribution in [1.82, 2.24) is 34.9 Å². The summed E-state index contributed by atoms with van der Waals surface area (Å²) in [5, 5.41) is 32.2. The van der Waals surface area contributed by atoms with Crippen LogP contribution >= 0.6 is 0 Å². The molecule has 1 aliphatic carbocycles. The SMILES string of the molecule is CC[C@H]1CC[C@](CC)(c2ccnc(-c3ncnn3C[C@@H](O)CO)n2)c2nnc(-c3c(F)cccc3F)cc21. The molecule has 0 unspecified atom stereocenters. The molecule has 38 heavy (non-hydrogen) atoms. The highest BCUT2D eigenvalue weighted by molar-refractivity contribution is 5.62. The van der Waals surface area contributed by atoms with Gasteiger partial charge in [0.1, 0.15) is 18.0 Å². The molecule has 11 heteroatoms. The Hall–Kier alpha value is -3.70. The minimum atomic E-state index is -0.999. The fourth-order valence-corrected chi connectivity index (χ4v) is 5.41. The Bertz CT molecular complexity index is 1430. The van der Waals surface area contributed by atoms with Gasteiger partial charge in [-0.15, -0.1) is 5.10 Å². The second-order valence-electron chi connectivity index (χ2n) is 9.58. The van der Waals surface area contributed by atoms with Crippen LogP contribution in [0.2, 0.25) is 0 Å². The smallest absolute Gasteiger partial charge is 0.197 e. The molecule has 3 atom stereocenters. The number of nitrogens with zero attached hydrogens (tertiary/aromatic N) is 7. The highest BCUT2D eigenvalue weighted by Crippen LogP contribution is 2.49. The van der Waals surface area contributed by atoms with Crippen LogP contribution in [-0.2, 0) is 12.0 Å². The zero-order chi connectivity index (χ0) is 26.9. The van der Waals surface area contributed by atoms with Crippen LogP contribution in [0.5, 0.6) is 0 Å². The number of aliphatic hydroxyl groups is 2. The first-order valence-electron chi connectivity index (χ1n) is 12.7. The van der Waals surface area contributed by atoms with Crippen molar-refractivity contribution in [1.29, 1.82) is 0 Å². The summed E-state index contributed by atoms with van der Waals surface area (Å²) in [7, 11) is 0. The maximum atomic E-state index is 14.6. The number of benzene rings is 1. The number of hydrogen-bond donors (Lipinski definition) is 2. The fourth-order valence-electron chi connectivity index (χ4n) is 5.41. The third-order valence-electron chi connectivity index (χ3n) is 7.51. The van der Waals surface area contributed by atoms with E-state index in [-0.39, 0.29) is 23.7 Å². The van der Waals surface area contributed by atoms with Crippen LogP contribution in [0.3, 0.4) is 0 Å². The summed E-state index contributed by atoms with van der Waals surface area (Å²) in [6, 6.07) is 7.38. The van der Waals surface area contributed by atoms with Gasteiger partial charge >= 0.3 is 0 Å². The lowest BCUT2D eigenvalue weighted by atomic mass is 9.65. The fraction of sp³-hybridized carbons (Fsp3) is 0.407. The summed E-state index contributed by atoms with van der Waals surface area (Å²) in [6.07, 6.45) is 5.14. The highest BCUT2D eigenvalue weighted by atomic mass is 19.1. The summed E-state index contributed by atoms with van der Waals surface area (Å²) >= 11 is 0. The predicted molar refractivity (Wildman–Crippen MR) is 135 cm³/mol. The van der Waals surface area contributed by atoms with Crippen molar-refractivity contribution < 1.29 is 19.0 Å². The summed E-state index contributed by atoms with van der Waals surface area (Å²) < 4.78 is 30.6. The molecule has 2 N–H and O–H groups in total. The van der Waals surface area contributed by atoms with Gasteiger partial charge < -0.3 is 10.2 Å². The van der Waals surface area contributed by atoms with Crippen molar-refractivity contribution in [3.63, 3.8) is 0 Å². The van der Waals surface area contributed by atoms with E-state index in [9.17, 15) is 19.0 Å². The topological polar surface area (TPSA) is 123 Å². The van der Waals surface area contributed by atoms with E-state index < -0.39 is 29.8 Å². The molecule has 3 heterocycles. The lowest BCUT2D eigenvalue weighted by Gasteiger charge is -2.39. The second-order valence-corrected chi connectivity index (χ2v) is 9.58. The summed E-state index contributed by atoms with van der Waals surface area (Å²) in [5.41, 5.74) is 1.80. The first-order chi connectivity index (χ1) is 18.4. The molecular weight excluding hydrogens is 492 g/mol. The van der Waals surface area contributed by atoms with Crippen molar-refractivity contribution in [2.45, 2.75) is 63.5 Å². The first-order valence-corrected chi connectivity index (χ1v) is 12.7. The van der Waals surface area contributed by atoms with Gasteiger partial charge in [-0.3, -0.25) is 0 Å². The number of aromatic nitrogens is 7. The predicted octanol–water partition coefficient (Wildman–Crippen LogP) is 3.81. The van der Waals surface area contributed by atoms with Crippen LogP contribution in [0.25, 0.3) is 22.9 Å². The minimum absolute atomic E-state index is 0.0419. The van der Waals surface area contributed by atoms with E-state index in [0.717, 1.165) is 36.2 Å². The van der Waals surface area contributed by atoms with E-state index in [1.54, 1.807) is 12.3 Å². The van der Waals surface area contributed by atoms with Crippen LogP contribution < -0.4 is 0 Å². The Balaban J connectivity index is 1.62. The summed E-state index contributed by atoms with van der Waals surface area (Å²) in [4.78, 5) is 13.5. The molecule has 5 rings (SSSR count). The number of fused-ring (bicyclic) bond motifs is 1. The van der Waals surface area contributed by atoms with Crippen molar-refractivity contribution in [2.75, 3.05) is 6.61 Å². The van der Waals surface area contributed by atoms with Crippen LogP contribution in [0, 0.1) is 11.6 Å². The molecule has 0 bridgehead atoms. The highest BCUT2D eigenvalue weighted by Gasteiger charge is 2.43. The van der Waals surface area contributed by atoms with E-state index >= 15 is 0 Å². The summed E-state index contributed by atoms with van der Waals surface area (Å²) in [6.45, 7) is 3.78. The minimum Gasteiger partial charge on any atom is -0.394 e. The third-order valence-corrected chi connectivity index (χ3v) is 7.51. The monoisotopic (exact) mass is 521 g/mol. The molecule has 1 aromatic carbocycles. The lowest BCUT2D eigenvalue weighted by Crippen LogP contribution is -2.36. The van der Waals surface area contributed by atoms with Gasteiger partial charge in [-0.1, -0.05) is 19.9 Å². The molecular formula is C27H29F2N7O2. The van der Waals surface area contributed by atoms with Crippen molar-refractivity contribution >= 4 is 0 Å². The maximum Gasteiger partial charge on any atom is 0.197 e. The molecule has 0 amide bonds. The molecule has 198 valence electrons. The van der Waals surface area contributed by atoms with Crippen molar-refractivity contribution in [3.05, 3.63) is 71.4 Å². The Morgan fingerprint density at radius 3 is 2.63 bits per heavy atom. The van der Waals surface area contributed by atoms with Gasteiger partial charge in [0.15, 0.2) is 11.6 Å². The number of rotatable bonds is 8. The molecule has 0 fully saturated rings. The average molecular weight is 522 g/mol. The van der Waals surface area contributed by atoms with E-state index in [1.807, 2.05) is 6.07 Å². The quantitative estimate of drug-likeness (QED) is 0.359. The molecule has 0 saturated carbocycles. The van der Waals surface area contributed by atoms with Crippen LogP contribution in [0.4, 0.5) is 8.78 Å². The van der Waals surface area contributed by atoms with Gasteiger partial charge in [-0.2, -0.15) is 10.2 Å². The van der Waals surface area contributed by atoms with Gasteiger partial charge in [0.2, 0.25) is 0 Å². The molecule has 9 nitrogen and oxygen atoms in total. The van der Waals surface area contributed by atoms with E-state index in [2.05, 4.69) is 39.1 Å². The van der Waals surface area contributed by atoms with Crippen LogP contribution in [-0.4, -0.2) is 57.9 Å². The molecule has 0 saturated heterocycles. The molecule has 3 aromatic heterocycles. The lowest BCUT2D eigenvalue weighted by molar-refractivity contribution is 0.0786. The molecule has 0 spiro atoms. The van der Waals surface area contributed by atoms with Gasteiger partial charge in [0, 0.05) is 6.20 Å². The number of hydrogen-bond acceptors (Lipinski definition) is 8. The number of aliphatic hydroxyl groups excluding tert-OH is 2. The van der Waals surface area contributed by atoms with Gasteiger partial charge in [0.05, 0.1) is 47.3 Å². The zero-order valence-electron chi connectivity index (χ0n) is 21.2. The normalized spacial score (nSPS) is 19.8. The first kappa shape index (κ1) is 25.9. The van der Waals surface area contributed by atoms with E-state index in [4.69, 9.17) is 4.98 Å². The second kappa shape index (κ2) is 10.6. The Kier molecular flexibility index (Phi) is 7.22. The Morgan fingerprint density at radius 1 is 1.13 bits per heavy atom. The molecule has 4 aromatic rings. The van der Waals surface area contributed by atoms with Crippen LogP contribution in [0.1, 0.15) is 62.4 Å². The molecule has 0 radical (unpaired) electrons. The van der Waals surface area contributed by atoms with Crippen molar-refractivity contribution in [3.8, 4) is 22.9 Å². The molecule has 0 aliphatic heterocycles. The Labute approximate surface area is 218 Å². The van der Waals surface area contributed by atoms with E-state index in [1.165, 1.54) is 29.2 Å². The maximum absolute atomic E-state index is 14.6. The third kappa shape index (κ3) is 4.45. The zero-order valence-corrected chi connectivity index (χ0v) is 21.2. The van der Waals surface area contributed by atoms with E-state index in [0.29, 0.717) is 18.1 Å². The van der Waals surface area contributed by atoms with Crippen LogP contribution in [0.15, 0.2) is 42.9 Å². The summed E-state index contributed by atoms with van der Waals surface area (Å²) in [5.74, 6) is -0.501. The van der Waals surface area contributed by atoms with Crippen molar-refractivity contribution in [2.24, 2.45) is 0 Å². The molecule has 1 aliphatic rings. The standard InChI is InChI=1S/C27H29F2N7O2/c1-3-16-8-10-27(4-2,24-18(16)12-21(34-35-24)23-19(28)6-5-7-20(23)29)22-9-11-30-25(33-22)26-31-15-32-36(26)13-17(38)14-37/h5-7,9,11-12,15-17,37-38H,3-4,8,10,13-14H2,1-2H3/t16-,17+,27+/m0/s1. The Morgan fingerprint density at radius 2 is 1.92 bits per heavy atom. The van der Waals surface area contributed by atoms with Gasteiger partial charge in [-0.25, -0.2) is 28.4 Å².